The van der Waals surface area contributed by atoms with Gasteiger partial charge in [0.15, 0.2) is 5.82 Å². The molecule has 1 atom stereocenters. The highest BCUT2D eigenvalue weighted by Crippen LogP contribution is 2.27. The number of anilines is 1. The van der Waals surface area contributed by atoms with Crippen molar-refractivity contribution < 1.29 is 9.84 Å². The molecule has 0 saturated heterocycles. The van der Waals surface area contributed by atoms with Gasteiger partial charge in [-0.25, -0.2) is 9.97 Å². The van der Waals surface area contributed by atoms with E-state index in [1.807, 2.05) is 54.6 Å². The number of aliphatic hydroxyl groups excluding tert-OH is 1. The Kier molecular flexibility index (Phi) is 6.93. The number of aromatic nitrogens is 3. The zero-order valence-electron chi connectivity index (χ0n) is 18.2. The fraction of sp³-hybridized carbons (Fsp3) is 0.280. The van der Waals surface area contributed by atoms with Crippen LogP contribution in [0.3, 0.4) is 0 Å². The number of ether oxygens (including phenoxy) is 1. The van der Waals surface area contributed by atoms with Crippen LogP contribution in [0.25, 0.3) is 22.4 Å². The number of fused-ring (bicyclic) bond motifs is 1. The summed E-state index contributed by atoms with van der Waals surface area (Å²) in [6.45, 7) is 4.64. The smallest absolute Gasteiger partial charge is 0.163 e. The quantitative estimate of drug-likeness (QED) is 0.305. The molecule has 0 saturated carbocycles. The van der Waals surface area contributed by atoms with Crippen LogP contribution >= 0.6 is 11.6 Å². The van der Waals surface area contributed by atoms with Crippen LogP contribution in [0.15, 0.2) is 60.7 Å². The first-order valence-electron chi connectivity index (χ1n) is 10.7. The number of halogens is 1. The molecule has 0 spiro atoms. The number of hydrogen-bond acceptors (Lipinski definition) is 5. The zero-order valence-corrected chi connectivity index (χ0v) is 18.9. The van der Waals surface area contributed by atoms with Gasteiger partial charge in [0.2, 0.25) is 0 Å². The third-order valence-electron chi connectivity index (χ3n) is 5.08. The molecular formula is C25H27ClN4O2. The maximum atomic E-state index is 9.89. The van der Waals surface area contributed by atoms with Crippen molar-refractivity contribution in [2.24, 2.45) is 5.92 Å². The number of nitrogens with one attached hydrogen (secondary N) is 2. The number of nitrogens with zero attached hydrogens (tertiary/aromatic N) is 2. The van der Waals surface area contributed by atoms with E-state index in [4.69, 9.17) is 26.3 Å². The zero-order chi connectivity index (χ0) is 22.5. The van der Waals surface area contributed by atoms with Crippen molar-refractivity contribution in [1.29, 1.82) is 0 Å². The Bertz CT molecular complexity index is 1180. The average molecular weight is 451 g/mol. The van der Waals surface area contributed by atoms with Crippen LogP contribution in [0.4, 0.5) is 5.82 Å². The molecule has 3 N–H and O–H groups in total. The third-order valence-corrected chi connectivity index (χ3v) is 5.32. The third kappa shape index (κ3) is 5.39. The molecule has 0 amide bonds. The van der Waals surface area contributed by atoms with E-state index < -0.39 is 0 Å². The van der Waals surface area contributed by atoms with Gasteiger partial charge in [0, 0.05) is 10.6 Å². The average Bonchev–Trinajstić information content (AvgIpc) is 3.21. The van der Waals surface area contributed by atoms with E-state index in [-0.39, 0.29) is 12.6 Å². The monoisotopic (exact) mass is 450 g/mol. The van der Waals surface area contributed by atoms with E-state index in [9.17, 15) is 5.11 Å². The van der Waals surface area contributed by atoms with Crippen LogP contribution in [0.2, 0.25) is 5.02 Å². The molecule has 0 aliphatic heterocycles. The fourth-order valence-electron chi connectivity index (χ4n) is 3.63. The highest BCUT2D eigenvalue weighted by molar-refractivity contribution is 6.30. The van der Waals surface area contributed by atoms with Gasteiger partial charge in [-0.15, -0.1) is 0 Å². The minimum Gasteiger partial charge on any atom is -0.487 e. The lowest BCUT2D eigenvalue weighted by atomic mass is 10.0. The summed E-state index contributed by atoms with van der Waals surface area (Å²) in [4.78, 5) is 12.9. The van der Waals surface area contributed by atoms with Crippen molar-refractivity contribution in [2.75, 3.05) is 11.9 Å². The van der Waals surface area contributed by atoms with Crippen molar-refractivity contribution in [3.05, 3.63) is 71.4 Å². The van der Waals surface area contributed by atoms with Crippen molar-refractivity contribution in [3.8, 4) is 17.1 Å². The van der Waals surface area contributed by atoms with Gasteiger partial charge in [0.1, 0.15) is 23.8 Å². The minimum absolute atomic E-state index is 0.0273. The van der Waals surface area contributed by atoms with Gasteiger partial charge in [-0.3, -0.25) is 0 Å². The summed E-state index contributed by atoms with van der Waals surface area (Å²) in [5, 5.41) is 14.8. The summed E-state index contributed by atoms with van der Waals surface area (Å²) in [7, 11) is 0. The predicted molar refractivity (Wildman–Crippen MR) is 129 cm³/mol. The SMILES string of the molecule is CC(C)CC(CO)Nc1nc(-c2ccccc2)nc2[nH]c(COc3cccc(Cl)c3)cc12. The molecular weight excluding hydrogens is 424 g/mol. The topological polar surface area (TPSA) is 83.1 Å². The molecule has 0 radical (unpaired) electrons. The molecule has 0 aliphatic carbocycles. The maximum Gasteiger partial charge on any atom is 0.163 e. The van der Waals surface area contributed by atoms with Crippen molar-refractivity contribution >= 4 is 28.5 Å². The molecule has 2 aromatic heterocycles. The first kappa shape index (κ1) is 22.1. The molecule has 0 fully saturated rings. The first-order chi connectivity index (χ1) is 15.5. The molecule has 4 aromatic rings. The molecule has 166 valence electrons. The van der Waals surface area contributed by atoms with E-state index in [0.29, 0.717) is 40.6 Å². The van der Waals surface area contributed by atoms with E-state index in [0.717, 1.165) is 23.1 Å². The standard InChI is InChI=1S/C25H27ClN4O2/c1-16(2)11-19(14-31)27-24-22-13-20(15-32-21-10-6-9-18(26)12-21)28-25(22)30-23(29-24)17-7-4-3-5-8-17/h3-10,12-13,16,19,31H,11,14-15H2,1-2H3,(H2,27,28,29,30). The lowest BCUT2D eigenvalue weighted by Gasteiger charge is -2.19. The van der Waals surface area contributed by atoms with Gasteiger partial charge in [-0.05, 0) is 36.6 Å². The maximum absolute atomic E-state index is 9.89. The second kappa shape index (κ2) is 10.0. The second-order valence-corrected chi connectivity index (χ2v) is 8.65. The van der Waals surface area contributed by atoms with Gasteiger partial charge in [-0.2, -0.15) is 0 Å². The summed E-state index contributed by atoms with van der Waals surface area (Å²) < 4.78 is 5.89. The molecule has 4 rings (SSSR count). The normalized spacial score (nSPS) is 12.3. The largest absolute Gasteiger partial charge is 0.487 e. The molecule has 32 heavy (non-hydrogen) atoms. The number of hydrogen-bond donors (Lipinski definition) is 3. The molecule has 2 heterocycles. The minimum atomic E-state index is -0.0993. The van der Waals surface area contributed by atoms with Crippen LogP contribution in [0, 0.1) is 5.92 Å². The summed E-state index contributed by atoms with van der Waals surface area (Å²) in [6.07, 6.45) is 0.831. The Balaban J connectivity index is 1.68. The van der Waals surface area contributed by atoms with E-state index in [1.54, 1.807) is 6.07 Å². The summed E-state index contributed by atoms with van der Waals surface area (Å²) in [5.41, 5.74) is 2.51. The van der Waals surface area contributed by atoms with Crippen molar-refractivity contribution in [1.82, 2.24) is 15.0 Å². The Labute approximate surface area is 192 Å². The summed E-state index contributed by atoms with van der Waals surface area (Å²) >= 11 is 6.05. The number of benzene rings is 2. The van der Waals surface area contributed by atoms with Crippen LogP contribution in [0.1, 0.15) is 26.0 Å². The second-order valence-electron chi connectivity index (χ2n) is 8.22. The fourth-order valence-corrected chi connectivity index (χ4v) is 3.81. The van der Waals surface area contributed by atoms with Gasteiger partial charge in [-0.1, -0.05) is 61.8 Å². The lowest BCUT2D eigenvalue weighted by Crippen LogP contribution is -2.26. The lowest BCUT2D eigenvalue weighted by molar-refractivity contribution is 0.259. The van der Waals surface area contributed by atoms with E-state index in [2.05, 4.69) is 24.1 Å². The molecule has 2 aromatic carbocycles. The summed E-state index contributed by atoms with van der Waals surface area (Å²) in [5.74, 6) is 2.45. The van der Waals surface area contributed by atoms with Crippen molar-refractivity contribution in [3.63, 3.8) is 0 Å². The van der Waals surface area contributed by atoms with Crippen LogP contribution < -0.4 is 10.1 Å². The van der Waals surface area contributed by atoms with Gasteiger partial charge in [0.25, 0.3) is 0 Å². The number of aliphatic hydroxyl groups is 1. The number of H-pyrrole nitrogens is 1. The molecule has 6 nitrogen and oxygen atoms in total. The van der Waals surface area contributed by atoms with Crippen LogP contribution in [-0.4, -0.2) is 32.7 Å². The van der Waals surface area contributed by atoms with Gasteiger partial charge < -0.3 is 20.1 Å². The van der Waals surface area contributed by atoms with Gasteiger partial charge >= 0.3 is 0 Å². The van der Waals surface area contributed by atoms with E-state index in [1.165, 1.54) is 0 Å². The molecule has 1 unspecified atom stereocenters. The molecule has 0 aliphatic rings. The Morgan fingerprint density at radius 2 is 1.88 bits per heavy atom. The van der Waals surface area contributed by atoms with Crippen LogP contribution in [-0.2, 0) is 6.61 Å². The number of rotatable bonds is 9. The highest BCUT2D eigenvalue weighted by Gasteiger charge is 2.17. The Morgan fingerprint density at radius 1 is 1.06 bits per heavy atom. The summed E-state index contributed by atoms with van der Waals surface area (Å²) in [6, 6.07) is 19.0. The van der Waals surface area contributed by atoms with E-state index >= 15 is 0 Å². The Hall–Kier alpha value is -3.09. The Morgan fingerprint density at radius 3 is 2.59 bits per heavy atom. The molecule has 0 bridgehead atoms. The first-order valence-corrected chi connectivity index (χ1v) is 11.1. The van der Waals surface area contributed by atoms with Gasteiger partial charge in [0.05, 0.1) is 23.7 Å². The molecule has 7 heteroatoms. The van der Waals surface area contributed by atoms with Crippen LogP contribution in [0.5, 0.6) is 5.75 Å². The number of aromatic amines is 1. The van der Waals surface area contributed by atoms with Crippen molar-refractivity contribution in [2.45, 2.75) is 32.9 Å². The highest BCUT2D eigenvalue weighted by atomic mass is 35.5. The predicted octanol–water partition coefficient (Wildman–Crippen LogP) is 5.68.